The minimum Gasteiger partial charge on any atom is -0.457 e. The first kappa shape index (κ1) is 32.0. The average Bonchev–Trinajstić information content (AvgIpc) is 3.32. The second-order valence-electron chi connectivity index (χ2n) is 10.9. The predicted molar refractivity (Wildman–Crippen MR) is 174 cm³/mol. The molecular weight excluding hydrogens is 667 g/mol. The molecule has 8 heteroatoms. The average molecular weight is 696 g/mol. The second-order valence-corrected chi connectivity index (χ2v) is 10.9. The Hall–Kier alpha value is -4.98. The Labute approximate surface area is 297 Å². The molecule has 0 aromatic heterocycles. The van der Waals surface area contributed by atoms with Crippen molar-refractivity contribution in [1.82, 2.24) is 0 Å². The Morgan fingerprint density at radius 2 is 0.936 bits per heavy atom. The van der Waals surface area contributed by atoms with E-state index in [2.05, 4.69) is 6.08 Å². The quantitative estimate of drug-likeness (QED) is 0.113. The molecule has 0 spiro atoms. The van der Waals surface area contributed by atoms with Crippen LogP contribution in [-0.2, 0) is 42.3 Å². The van der Waals surface area contributed by atoms with E-state index < -0.39 is 11.8 Å². The summed E-state index contributed by atoms with van der Waals surface area (Å²) in [6, 6.07) is 36.8. The summed E-state index contributed by atoms with van der Waals surface area (Å²) in [4.78, 5) is 26.9. The number of ether oxygens (including phenoxy) is 4. The number of hydrogen-bond acceptors (Lipinski definition) is 6. The fraction of sp³-hybridized carbons (Fsp3) is 0.0769. The maximum Gasteiger partial charge on any atom is 0.238 e. The van der Waals surface area contributed by atoms with Crippen LogP contribution in [0.25, 0.3) is 0 Å². The van der Waals surface area contributed by atoms with Crippen LogP contribution < -0.4 is 23.8 Å². The van der Waals surface area contributed by atoms with Crippen molar-refractivity contribution in [2.75, 3.05) is 4.90 Å². The summed E-state index contributed by atoms with van der Waals surface area (Å²) >= 11 is 0. The molecule has 2 atom stereocenters. The molecule has 2 aliphatic rings. The van der Waals surface area contributed by atoms with E-state index >= 15 is 0 Å². The van der Waals surface area contributed by atoms with Gasteiger partial charge in [-0.25, -0.2) is 12.2 Å². The predicted octanol–water partition coefficient (Wildman–Crippen LogP) is 9.20. The standard InChI is InChI=1S/C39H28NO6.Y/c1-26-15-19-28(20-16-26)43-30-7-4-9-32(23-30)45-34-11-6-12-35(25-34)46-33-10-5-8-31(24-33)44-29-21-17-27(18-22-29)40-38(41)36-13-2-3-14-37(36)39(40)42;/h2,4-25,36-37H,1H3;/q-1;. The molecule has 1 aliphatic heterocycles. The van der Waals surface area contributed by atoms with E-state index in [0.717, 1.165) is 5.75 Å². The van der Waals surface area contributed by atoms with Crippen LogP contribution in [0, 0.1) is 24.8 Å². The first-order valence-electron chi connectivity index (χ1n) is 14.8. The maximum absolute atomic E-state index is 12.9. The van der Waals surface area contributed by atoms with Gasteiger partial charge in [-0.3, -0.25) is 20.6 Å². The molecule has 0 bridgehead atoms. The van der Waals surface area contributed by atoms with Gasteiger partial charge in [0.25, 0.3) is 0 Å². The van der Waals surface area contributed by atoms with Gasteiger partial charge in [-0.2, -0.15) is 6.08 Å². The number of aryl methyl sites for hydroxylation is 1. The molecule has 47 heavy (non-hydrogen) atoms. The van der Waals surface area contributed by atoms with Gasteiger partial charge in [0.1, 0.15) is 46.0 Å². The number of fused-ring (bicyclic) bond motifs is 1. The van der Waals surface area contributed by atoms with Crippen molar-refractivity contribution in [1.29, 1.82) is 0 Å². The molecule has 1 fully saturated rings. The minimum atomic E-state index is -0.501. The molecule has 0 N–H and O–H groups in total. The van der Waals surface area contributed by atoms with Crippen molar-refractivity contribution >= 4 is 17.5 Å². The van der Waals surface area contributed by atoms with E-state index in [-0.39, 0.29) is 44.5 Å². The normalized spacial score (nSPS) is 16.3. The van der Waals surface area contributed by atoms with Crippen LogP contribution in [0.5, 0.6) is 46.0 Å². The zero-order valence-corrected chi connectivity index (χ0v) is 28.2. The van der Waals surface area contributed by atoms with Crippen molar-refractivity contribution in [2.45, 2.75) is 6.92 Å². The SMILES string of the molecule is Cc1ccc(Oc2cccc(Oc3cccc(Oc4cccc(Oc5ccc(N6C(=O)C7C=[C-]C=CC7C6=O)cc5)c4)c3)c2)cc1.[Y]. The number of rotatable bonds is 9. The molecule has 2 amide bonds. The van der Waals surface area contributed by atoms with E-state index in [0.29, 0.717) is 45.9 Å². The summed E-state index contributed by atoms with van der Waals surface area (Å²) in [5.74, 6) is 3.48. The number of allylic oxidation sites excluding steroid dienone is 2. The van der Waals surface area contributed by atoms with Gasteiger partial charge in [0, 0.05) is 62.7 Å². The Kier molecular flexibility index (Phi) is 9.66. The van der Waals surface area contributed by atoms with Crippen molar-refractivity contribution in [3.05, 3.63) is 151 Å². The Balaban J connectivity index is 0.00000386. The van der Waals surface area contributed by atoms with Gasteiger partial charge >= 0.3 is 0 Å². The summed E-state index contributed by atoms with van der Waals surface area (Å²) in [5, 5.41) is 0. The summed E-state index contributed by atoms with van der Waals surface area (Å²) in [6.45, 7) is 2.03. The fourth-order valence-corrected chi connectivity index (χ4v) is 5.28. The maximum atomic E-state index is 12.9. The third-order valence-corrected chi connectivity index (χ3v) is 7.55. The molecule has 229 valence electrons. The molecule has 7 nitrogen and oxygen atoms in total. The second kappa shape index (κ2) is 14.2. The molecule has 1 heterocycles. The Morgan fingerprint density at radius 1 is 0.532 bits per heavy atom. The number of benzene rings is 5. The summed E-state index contributed by atoms with van der Waals surface area (Å²) < 4.78 is 24.3. The molecule has 5 aromatic carbocycles. The molecule has 1 aliphatic carbocycles. The summed E-state index contributed by atoms with van der Waals surface area (Å²) in [6.07, 6.45) is 7.97. The topological polar surface area (TPSA) is 74.3 Å². The Bertz CT molecular complexity index is 1940. The van der Waals surface area contributed by atoms with Crippen molar-refractivity contribution in [3.63, 3.8) is 0 Å². The molecular formula is C39H28NO6Y-. The van der Waals surface area contributed by atoms with E-state index in [1.165, 1.54) is 10.5 Å². The number of carbonyl (C=O) groups is 2. The van der Waals surface area contributed by atoms with Crippen LogP contribution in [0.15, 0.2) is 140 Å². The summed E-state index contributed by atoms with van der Waals surface area (Å²) in [7, 11) is 0. The minimum absolute atomic E-state index is 0. The third kappa shape index (κ3) is 7.38. The van der Waals surface area contributed by atoms with Crippen LogP contribution in [-0.4, -0.2) is 11.8 Å². The van der Waals surface area contributed by atoms with Gasteiger partial charge in [0.15, 0.2) is 0 Å². The number of amides is 2. The number of anilines is 1. The fourth-order valence-electron chi connectivity index (χ4n) is 5.28. The largest absolute Gasteiger partial charge is 0.457 e. The van der Waals surface area contributed by atoms with E-state index in [1.807, 2.05) is 91.9 Å². The number of carbonyl (C=O) groups excluding carboxylic acids is 2. The first-order valence-corrected chi connectivity index (χ1v) is 14.8. The van der Waals surface area contributed by atoms with E-state index in [1.54, 1.807) is 54.6 Å². The first-order chi connectivity index (χ1) is 22.5. The van der Waals surface area contributed by atoms with Crippen molar-refractivity contribution in [2.24, 2.45) is 11.8 Å². The molecule has 0 saturated carbocycles. The third-order valence-electron chi connectivity index (χ3n) is 7.55. The zero-order valence-electron chi connectivity index (χ0n) is 25.4. The summed E-state index contributed by atoms with van der Waals surface area (Å²) in [5.41, 5.74) is 1.67. The van der Waals surface area contributed by atoms with Gasteiger partial charge < -0.3 is 18.9 Å². The molecule has 1 saturated heterocycles. The number of nitrogens with zero attached hydrogens (tertiary/aromatic N) is 1. The van der Waals surface area contributed by atoms with E-state index in [9.17, 15) is 9.59 Å². The van der Waals surface area contributed by atoms with Crippen molar-refractivity contribution < 1.29 is 61.2 Å². The van der Waals surface area contributed by atoms with Crippen LogP contribution in [0.1, 0.15) is 5.56 Å². The smallest absolute Gasteiger partial charge is 0.238 e. The van der Waals surface area contributed by atoms with Crippen LogP contribution in [0.2, 0.25) is 0 Å². The molecule has 5 aromatic rings. The number of hydrogen-bond donors (Lipinski definition) is 0. The van der Waals surface area contributed by atoms with Crippen LogP contribution >= 0.6 is 0 Å². The Morgan fingerprint density at radius 3 is 1.38 bits per heavy atom. The molecule has 7 rings (SSSR count). The van der Waals surface area contributed by atoms with Gasteiger partial charge in [-0.15, -0.1) is 0 Å². The van der Waals surface area contributed by atoms with E-state index in [4.69, 9.17) is 18.9 Å². The number of imide groups is 1. The van der Waals surface area contributed by atoms with Gasteiger partial charge in [-0.05, 0) is 79.7 Å². The molecule has 2 unspecified atom stereocenters. The van der Waals surface area contributed by atoms with Crippen LogP contribution in [0.3, 0.4) is 0 Å². The van der Waals surface area contributed by atoms with Crippen molar-refractivity contribution in [3.8, 4) is 46.0 Å². The van der Waals surface area contributed by atoms with Crippen LogP contribution in [0.4, 0.5) is 5.69 Å². The van der Waals surface area contributed by atoms with Gasteiger partial charge in [0.2, 0.25) is 11.8 Å². The van der Waals surface area contributed by atoms with Gasteiger partial charge in [-0.1, -0.05) is 35.9 Å². The molecule has 1 radical (unpaired) electrons. The zero-order chi connectivity index (χ0) is 31.5. The van der Waals surface area contributed by atoms with Gasteiger partial charge in [0.05, 0.1) is 5.69 Å². The monoisotopic (exact) mass is 695 g/mol.